The molecule has 3 aromatic rings. The molecule has 0 saturated carbocycles. The molecule has 1 aliphatic carbocycles. The molecule has 1 aliphatic rings. The molecule has 0 atom stereocenters. The minimum absolute atomic E-state index is 0.240. The summed E-state index contributed by atoms with van der Waals surface area (Å²) in [6, 6.07) is 6.23. The Bertz CT molecular complexity index is 1180. The summed E-state index contributed by atoms with van der Waals surface area (Å²) in [5, 5.41) is 13.9. The standard InChI is InChI=1S/C21H20N2O5S/c1-2-28-21(27)11-6-5-7-12(10-11)22-18(25)16-17(24)15-13-8-3-4-9-14(13)29-20(15)23-19(16)26/h5-7,10H,2-4,8-9H2,1H3,(H,22,25)(H2,23,24,26). The first-order valence-corrected chi connectivity index (χ1v) is 10.3. The van der Waals surface area contributed by atoms with Crippen molar-refractivity contribution in [2.24, 2.45) is 0 Å². The Kier molecular flexibility index (Phi) is 5.10. The molecule has 0 radical (unpaired) electrons. The van der Waals surface area contributed by atoms with Crippen LogP contribution in [0.1, 0.15) is 50.9 Å². The maximum atomic E-state index is 12.8. The number of aromatic hydroxyl groups is 1. The Morgan fingerprint density at radius 2 is 2.07 bits per heavy atom. The number of benzene rings is 1. The fraction of sp³-hybridized carbons (Fsp3) is 0.286. The molecule has 4 rings (SSSR count). The van der Waals surface area contributed by atoms with Gasteiger partial charge in [-0.25, -0.2) is 4.79 Å². The molecule has 0 spiro atoms. The van der Waals surface area contributed by atoms with Gasteiger partial charge in [0.1, 0.15) is 16.1 Å². The summed E-state index contributed by atoms with van der Waals surface area (Å²) in [5.74, 6) is -1.53. The summed E-state index contributed by atoms with van der Waals surface area (Å²) in [6.07, 6.45) is 3.82. The number of carbonyl (C=O) groups excluding carboxylic acids is 2. The molecule has 0 saturated heterocycles. The van der Waals surface area contributed by atoms with Crippen molar-refractivity contribution >= 4 is 39.1 Å². The molecule has 0 bridgehead atoms. The number of hydrogen-bond acceptors (Lipinski definition) is 6. The first-order chi connectivity index (χ1) is 14.0. The molecule has 2 aromatic heterocycles. The molecular formula is C21H20N2O5S. The monoisotopic (exact) mass is 412 g/mol. The van der Waals surface area contributed by atoms with Gasteiger partial charge in [0.25, 0.3) is 11.5 Å². The number of H-pyrrole nitrogens is 1. The van der Waals surface area contributed by atoms with E-state index < -0.39 is 17.4 Å². The van der Waals surface area contributed by atoms with Crippen molar-refractivity contribution in [3.63, 3.8) is 0 Å². The SMILES string of the molecule is CCOC(=O)c1cccc(NC(=O)c2c(O)c3c4c(sc3[nH]c2=O)CCCC4)c1. The van der Waals surface area contributed by atoms with Gasteiger partial charge in [-0.2, -0.15) is 0 Å². The van der Waals surface area contributed by atoms with Gasteiger partial charge in [-0.1, -0.05) is 6.07 Å². The van der Waals surface area contributed by atoms with Crippen LogP contribution in [-0.4, -0.2) is 28.6 Å². The molecular weight excluding hydrogens is 392 g/mol. The van der Waals surface area contributed by atoms with Crippen molar-refractivity contribution in [2.45, 2.75) is 32.6 Å². The Morgan fingerprint density at radius 1 is 1.28 bits per heavy atom. The topological polar surface area (TPSA) is 108 Å². The maximum Gasteiger partial charge on any atom is 0.338 e. The van der Waals surface area contributed by atoms with Crippen LogP contribution < -0.4 is 10.9 Å². The van der Waals surface area contributed by atoms with Gasteiger partial charge in [0.05, 0.1) is 17.6 Å². The van der Waals surface area contributed by atoms with Gasteiger partial charge in [0.2, 0.25) is 0 Å². The average molecular weight is 412 g/mol. The highest BCUT2D eigenvalue weighted by atomic mass is 32.1. The van der Waals surface area contributed by atoms with E-state index in [4.69, 9.17) is 4.74 Å². The number of anilines is 1. The summed E-state index contributed by atoms with van der Waals surface area (Å²) in [6.45, 7) is 1.95. The van der Waals surface area contributed by atoms with Crippen molar-refractivity contribution in [1.82, 2.24) is 4.98 Å². The smallest absolute Gasteiger partial charge is 0.338 e. The predicted molar refractivity (Wildman–Crippen MR) is 111 cm³/mol. The summed E-state index contributed by atoms with van der Waals surface area (Å²) in [7, 11) is 0. The van der Waals surface area contributed by atoms with Crippen LogP contribution in [0.25, 0.3) is 10.2 Å². The van der Waals surface area contributed by atoms with E-state index in [9.17, 15) is 19.5 Å². The molecule has 1 aromatic carbocycles. The van der Waals surface area contributed by atoms with Crippen molar-refractivity contribution in [1.29, 1.82) is 0 Å². The van der Waals surface area contributed by atoms with Crippen LogP contribution in [0, 0.1) is 0 Å². The van der Waals surface area contributed by atoms with Gasteiger partial charge in [-0.15, -0.1) is 11.3 Å². The second-order valence-electron chi connectivity index (χ2n) is 6.85. The maximum absolute atomic E-state index is 12.8. The van der Waals surface area contributed by atoms with Crippen LogP contribution in [0.2, 0.25) is 0 Å². The summed E-state index contributed by atoms with van der Waals surface area (Å²) >= 11 is 1.46. The number of aromatic amines is 1. The molecule has 2 heterocycles. The second kappa shape index (κ2) is 7.71. The fourth-order valence-corrected chi connectivity index (χ4v) is 4.93. The average Bonchev–Trinajstić information content (AvgIpc) is 3.06. The molecule has 0 fully saturated rings. The molecule has 150 valence electrons. The van der Waals surface area contributed by atoms with E-state index >= 15 is 0 Å². The lowest BCUT2D eigenvalue weighted by Crippen LogP contribution is -2.23. The van der Waals surface area contributed by atoms with E-state index in [1.165, 1.54) is 17.4 Å². The third kappa shape index (κ3) is 3.51. The highest BCUT2D eigenvalue weighted by molar-refractivity contribution is 7.18. The highest BCUT2D eigenvalue weighted by Gasteiger charge is 2.25. The van der Waals surface area contributed by atoms with Crippen LogP contribution in [0.4, 0.5) is 5.69 Å². The molecule has 3 N–H and O–H groups in total. The second-order valence-corrected chi connectivity index (χ2v) is 7.95. The van der Waals surface area contributed by atoms with Crippen LogP contribution in [0.5, 0.6) is 5.75 Å². The number of nitrogens with one attached hydrogen (secondary N) is 2. The van der Waals surface area contributed by atoms with Crippen LogP contribution in [0.15, 0.2) is 29.1 Å². The quantitative estimate of drug-likeness (QED) is 0.568. The minimum atomic E-state index is -0.734. The lowest BCUT2D eigenvalue weighted by molar-refractivity contribution is 0.0526. The number of pyridine rings is 1. The van der Waals surface area contributed by atoms with Crippen molar-refractivity contribution in [3.05, 3.63) is 56.2 Å². The van der Waals surface area contributed by atoms with E-state index in [1.54, 1.807) is 25.1 Å². The van der Waals surface area contributed by atoms with Crippen molar-refractivity contribution in [2.75, 3.05) is 11.9 Å². The number of esters is 1. The van der Waals surface area contributed by atoms with Gasteiger partial charge in [-0.3, -0.25) is 9.59 Å². The Hall–Kier alpha value is -3.13. The number of ether oxygens (including phenoxy) is 1. The number of carbonyl (C=O) groups is 2. The molecule has 29 heavy (non-hydrogen) atoms. The summed E-state index contributed by atoms with van der Waals surface area (Å²) in [4.78, 5) is 41.7. The van der Waals surface area contributed by atoms with E-state index in [2.05, 4.69) is 10.3 Å². The van der Waals surface area contributed by atoms with E-state index in [-0.39, 0.29) is 23.5 Å². The lowest BCUT2D eigenvalue weighted by Gasteiger charge is -2.12. The van der Waals surface area contributed by atoms with Crippen LogP contribution in [-0.2, 0) is 17.6 Å². The number of thiophene rings is 1. The number of hydrogen-bond donors (Lipinski definition) is 3. The largest absolute Gasteiger partial charge is 0.506 e. The summed E-state index contributed by atoms with van der Waals surface area (Å²) < 4.78 is 4.96. The number of amides is 1. The highest BCUT2D eigenvalue weighted by Crippen LogP contribution is 2.40. The first-order valence-electron chi connectivity index (χ1n) is 9.47. The van der Waals surface area contributed by atoms with Gasteiger partial charge in [-0.05, 0) is 56.4 Å². The zero-order valence-electron chi connectivity index (χ0n) is 15.8. The normalized spacial score (nSPS) is 13.1. The third-order valence-electron chi connectivity index (χ3n) is 4.96. The third-order valence-corrected chi connectivity index (χ3v) is 6.16. The lowest BCUT2D eigenvalue weighted by atomic mass is 9.96. The zero-order valence-corrected chi connectivity index (χ0v) is 16.6. The van der Waals surface area contributed by atoms with E-state index in [0.717, 1.165) is 36.1 Å². The van der Waals surface area contributed by atoms with E-state index in [0.29, 0.717) is 15.9 Å². The predicted octanol–water partition coefficient (Wildman–Crippen LogP) is 3.60. The Labute approximate surface area is 170 Å². The van der Waals surface area contributed by atoms with Crippen molar-refractivity contribution in [3.8, 4) is 5.75 Å². The van der Waals surface area contributed by atoms with Crippen LogP contribution >= 0.6 is 11.3 Å². The molecule has 1 amide bonds. The van der Waals surface area contributed by atoms with Crippen molar-refractivity contribution < 1.29 is 19.4 Å². The van der Waals surface area contributed by atoms with Gasteiger partial charge < -0.3 is 20.1 Å². The molecule has 7 nitrogen and oxygen atoms in total. The fourth-order valence-electron chi connectivity index (χ4n) is 3.65. The number of fused-ring (bicyclic) bond motifs is 3. The minimum Gasteiger partial charge on any atom is -0.506 e. The Balaban J connectivity index is 1.70. The molecule has 0 aliphatic heterocycles. The Morgan fingerprint density at radius 3 is 2.86 bits per heavy atom. The number of aromatic nitrogens is 1. The van der Waals surface area contributed by atoms with Gasteiger partial charge >= 0.3 is 5.97 Å². The summed E-state index contributed by atoms with van der Waals surface area (Å²) in [5.41, 5.74) is 0.651. The van der Waals surface area contributed by atoms with Gasteiger partial charge in [0, 0.05) is 10.6 Å². The first kappa shape index (κ1) is 19.2. The molecule has 8 heteroatoms. The van der Waals surface area contributed by atoms with E-state index in [1.807, 2.05) is 0 Å². The zero-order chi connectivity index (χ0) is 20.5. The number of aryl methyl sites for hydroxylation is 2. The van der Waals surface area contributed by atoms with Gasteiger partial charge in [0.15, 0.2) is 0 Å². The molecule has 0 unspecified atom stereocenters. The van der Waals surface area contributed by atoms with Crippen LogP contribution in [0.3, 0.4) is 0 Å². The number of rotatable bonds is 4.